The number of carbonyl (C=O) groups is 1. The van der Waals surface area contributed by atoms with E-state index in [0.717, 1.165) is 31.0 Å². The molecule has 0 bridgehead atoms. The summed E-state index contributed by atoms with van der Waals surface area (Å²) in [7, 11) is -4.09. The third kappa shape index (κ3) is 6.00. The highest BCUT2D eigenvalue weighted by atomic mass is 35.5. The number of hydrogen-bond acceptors (Lipinski definition) is 5. The highest BCUT2D eigenvalue weighted by Gasteiger charge is 2.50. The third-order valence-corrected chi connectivity index (χ3v) is 10.3. The van der Waals surface area contributed by atoms with Crippen LogP contribution in [-0.2, 0) is 19.3 Å². The molecule has 0 spiro atoms. The van der Waals surface area contributed by atoms with Crippen molar-refractivity contribution in [2.75, 3.05) is 13.1 Å². The number of nitrogens with zero attached hydrogens (tertiary/aromatic N) is 1. The molecule has 1 heterocycles. The van der Waals surface area contributed by atoms with E-state index < -0.39 is 31.8 Å². The minimum absolute atomic E-state index is 0.0185. The molecule has 4 rings (SSSR count). The maximum absolute atomic E-state index is 15.1. The van der Waals surface area contributed by atoms with E-state index in [0.29, 0.717) is 31.0 Å². The summed E-state index contributed by atoms with van der Waals surface area (Å²) in [6, 6.07) is 8.72. The number of sulfone groups is 1. The van der Waals surface area contributed by atoms with E-state index in [4.69, 9.17) is 16.3 Å². The van der Waals surface area contributed by atoms with Crippen molar-refractivity contribution in [1.82, 2.24) is 10.2 Å². The van der Waals surface area contributed by atoms with Crippen LogP contribution < -0.4 is 5.32 Å². The fourth-order valence-corrected chi connectivity index (χ4v) is 7.86. The zero-order valence-corrected chi connectivity index (χ0v) is 23.5. The van der Waals surface area contributed by atoms with Crippen molar-refractivity contribution in [3.63, 3.8) is 0 Å². The van der Waals surface area contributed by atoms with Crippen LogP contribution in [-0.4, -0.2) is 50.2 Å². The Morgan fingerprint density at radius 1 is 1.11 bits per heavy atom. The Morgan fingerprint density at radius 2 is 1.76 bits per heavy atom. The highest BCUT2D eigenvalue weighted by molar-refractivity contribution is 7.92. The normalized spacial score (nSPS) is 24.4. The van der Waals surface area contributed by atoms with Gasteiger partial charge in [-0.1, -0.05) is 11.6 Å². The number of benzene rings is 2. The number of amides is 1. The van der Waals surface area contributed by atoms with Gasteiger partial charge in [0.25, 0.3) is 0 Å². The molecule has 2 aromatic carbocycles. The van der Waals surface area contributed by atoms with Crippen molar-refractivity contribution in [3.05, 3.63) is 64.7 Å². The van der Waals surface area contributed by atoms with Crippen LogP contribution >= 0.6 is 11.6 Å². The highest BCUT2D eigenvalue weighted by Crippen LogP contribution is 2.48. The molecule has 38 heavy (non-hydrogen) atoms. The fourth-order valence-electron chi connectivity index (χ4n) is 5.57. The monoisotopic (exact) mass is 568 g/mol. The summed E-state index contributed by atoms with van der Waals surface area (Å²) in [6.07, 6.45) is 2.54. The molecule has 10 heteroatoms. The average molecular weight is 569 g/mol. The van der Waals surface area contributed by atoms with Crippen LogP contribution in [0.3, 0.4) is 0 Å². The first-order valence-electron chi connectivity index (χ1n) is 13.0. The molecule has 2 aliphatic rings. The van der Waals surface area contributed by atoms with Gasteiger partial charge in [0.05, 0.1) is 4.90 Å². The van der Waals surface area contributed by atoms with Gasteiger partial charge in [-0.25, -0.2) is 22.0 Å². The van der Waals surface area contributed by atoms with Gasteiger partial charge in [-0.15, -0.1) is 0 Å². The number of nitrogens with one attached hydrogen (secondary N) is 1. The molecular formula is C28H35ClF2N2O4S. The second kappa shape index (κ2) is 11.1. The van der Waals surface area contributed by atoms with Crippen LogP contribution in [0, 0.1) is 11.6 Å². The smallest absolute Gasteiger partial charge is 0.410 e. The Kier molecular flexibility index (Phi) is 8.40. The maximum atomic E-state index is 15.1. The van der Waals surface area contributed by atoms with E-state index in [2.05, 4.69) is 5.32 Å². The molecule has 1 N–H and O–H groups in total. The lowest BCUT2D eigenvalue weighted by Crippen LogP contribution is -2.49. The summed E-state index contributed by atoms with van der Waals surface area (Å²) in [4.78, 5) is 14.4. The van der Waals surface area contributed by atoms with Crippen molar-refractivity contribution >= 4 is 27.5 Å². The Labute approximate surface area is 228 Å². The van der Waals surface area contributed by atoms with E-state index in [1.165, 1.54) is 24.3 Å². The first kappa shape index (κ1) is 28.8. The van der Waals surface area contributed by atoms with Crippen LogP contribution in [0.1, 0.15) is 64.9 Å². The largest absolute Gasteiger partial charge is 0.444 e. The lowest BCUT2D eigenvalue weighted by Gasteiger charge is -2.41. The number of rotatable bonds is 6. The average Bonchev–Trinajstić information content (AvgIpc) is 3.33. The van der Waals surface area contributed by atoms with E-state index in [1.807, 2.05) is 20.8 Å². The van der Waals surface area contributed by atoms with Gasteiger partial charge < -0.3 is 15.0 Å². The van der Waals surface area contributed by atoms with Crippen LogP contribution in [0.15, 0.2) is 47.4 Å². The van der Waals surface area contributed by atoms with Crippen molar-refractivity contribution in [2.24, 2.45) is 0 Å². The summed E-state index contributed by atoms with van der Waals surface area (Å²) in [5.74, 6) is -1.43. The summed E-state index contributed by atoms with van der Waals surface area (Å²) >= 11 is 5.97. The summed E-state index contributed by atoms with van der Waals surface area (Å²) < 4.78 is 61.2. The van der Waals surface area contributed by atoms with Gasteiger partial charge in [-0.3, -0.25) is 0 Å². The minimum atomic E-state index is -4.09. The molecule has 2 aromatic rings. The molecular weight excluding hydrogens is 534 g/mol. The van der Waals surface area contributed by atoms with Crippen LogP contribution in [0.2, 0.25) is 5.02 Å². The number of likely N-dealkylation sites (tertiary alicyclic amines) is 1. The second-order valence-electron chi connectivity index (χ2n) is 11.2. The quantitative estimate of drug-likeness (QED) is 0.448. The molecule has 2 fully saturated rings. The van der Waals surface area contributed by atoms with Crippen molar-refractivity contribution in [1.29, 1.82) is 0 Å². The number of carbonyl (C=O) groups excluding carboxylic acids is 1. The van der Waals surface area contributed by atoms with E-state index in [9.17, 15) is 17.6 Å². The summed E-state index contributed by atoms with van der Waals surface area (Å²) in [5.41, 5.74) is -0.718. The predicted molar refractivity (Wildman–Crippen MR) is 143 cm³/mol. The van der Waals surface area contributed by atoms with E-state index in [-0.39, 0.29) is 41.5 Å². The van der Waals surface area contributed by atoms with E-state index in [1.54, 1.807) is 4.90 Å². The number of hydrogen-bond donors (Lipinski definition) is 1. The Balaban J connectivity index is 1.52. The minimum Gasteiger partial charge on any atom is -0.444 e. The fraction of sp³-hybridized carbons (Fsp3) is 0.536. The van der Waals surface area contributed by atoms with Gasteiger partial charge in [-0.2, -0.15) is 0 Å². The first-order chi connectivity index (χ1) is 17.8. The second-order valence-corrected chi connectivity index (χ2v) is 13.9. The molecule has 1 amide bonds. The zero-order chi connectivity index (χ0) is 27.7. The number of ether oxygens (including phenoxy) is 1. The molecule has 1 aliphatic carbocycles. The van der Waals surface area contributed by atoms with Crippen molar-refractivity contribution in [3.8, 4) is 0 Å². The number of halogens is 3. The molecule has 0 aromatic heterocycles. The lowest BCUT2D eigenvalue weighted by atomic mass is 9.80. The summed E-state index contributed by atoms with van der Waals surface area (Å²) in [6.45, 7) is 6.69. The standard InChI is InChI=1S/C28H35ClF2N2O4S/c1-27(2,3)37-26(34)33-16-4-5-22(33)18-32-21-12-14-28(15-13-21,24-17-20(30)8-11-25(24)31)38(35,36)23-9-6-19(29)7-10-23/h6-11,17,21-22,32H,4-5,12-16,18H2,1-3H3. The van der Waals surface area contributed by atoms with Gasteiger partial charge in [-0.05, 0) is 102 Å². The SMILES string of the molecule is CC(C)(C)OC(=O)N1CCCC1CNC1CCC(c2cc(F)ccc2F)(S(=O)(=O)c2ccc(Cl)cc2)CC1. The Morgan fingerprint density at radius 3 is 2.39 bits per heavy atom. The Bertz CT molecular complexity index is 1260. The van der Waals surface area contributed by atoms with E-state index >= 15 is 4.39 Å². The van der Waals surface area contributed by atoms with Crippen molar-refractivity contribution < 1.29 is 26.7 Å². The molecule has 0 radical (unpaired) electrons. The van der Waals surface area contributed by atoms with Gasteiger partial charge >= 0.3 is 6.09 Å². The van der Waals surface area contributed by atoms with Crippen LogP contribution in [0.25, 0.3) is 0 Å². The zero-order valence-electron chi connectivity index (χ0n) is 22.0. The molecule has 1 atom stereocenters. The molecule has 1 saturated carbocycles. The van der Waals surface area contributed by atoms with Gasteiger partial charge in [0.15, 0.2) is 9.84 Å². The third-order valence-electron chi connectivity index (χ3n) is 7.50. The topological polar surface area (TPSA) is 75.7 Å². The molecule has 1 unspecified atom stereocenters. The maximum Gasteiger partial charge on any atom is 0.410 e. The molecule has 1 aliphatic heterocycles. The van der Waals surface area contributed by atoms with Gasteiger partial charge in [0.1, 0.15) is 22.0 Å². The van der Waals surface area contributed by atoms with Gasteiger partial charge in [0.2, 0.25) is 0 Å². The lowest BCUT2D eigenvalue weighted by molar-refractivity contribution is 0.0223. The molecule has 6 nitrogen and oxygen atoms in total. The predicted octanol–water partition coefficient (Wildman–Crippen LogP) is 6.22. The summed E-state index contributed by atoms with van der Waals surface area (Å²) in [5, 5.41) is 3.88. The molecule has 1 saturated heterocycles. The molecule has 208 valence electrons. The van der Waals surface area contributed by atoms with Gasteiger partial charge in [0, 0.05) is 35.8 Å². The first-order valence-corrected chi connectivity index (χ1v) is 14.9. The Hall–Kier alpha value is -2.23. The van der Waals surface area contributed by atoms with Crippen molar-refractivity contribution in [2.45, 2.75) is 86.6 Å². The van der Waals surface area contributed by atoms with Crippen LogP contribution in [0.5, 0.6) is 0 Å². The van der Waals surface area contributed by atoms with Crippen LogP contribution in [0.4, 0.5) is 13.6 Å².